The van der Waals surface area contributed by atoms with E-state index in [1.54, 1.807) is 23.9 Å². The third-order valence-electron chi connectivity index (χ3n) is 6.29. The van der Waals surface area contributed by atoms with Crippen LogP contribution in [0.4, 0.5) is 8.78 Å². The number of hydrogen-bond acceptors (Lipinski definition) is 3. The molecule has 7 heteroatoms. The Kier molecular flexibility index (Phi) is 5.69. The molecule has 0 radical (unpaired) electrons. The van der Waals surface area contributed by atoms with Gasteiger partial charge in [0, 0.05) is 64.0 Å². The van der Waals surface area contributed by atoms with Crippen LogP contribution in [-0.2, 0) is 4.79 Å². The second kappa shape index (κ2) is 8.29. The van der Waals surface area contributed by atoms with Crippen molar-refractivity contribution in [2.24, 2.45) is 0 Å². The van der Waals surface area contributed by atoms with Crippen molar-refractivity contribution >= 4 is 11.8 Å². The van der Waals surface area contributed by atoms with Gasteiger partial charge in [0.25, 0.3) is 5.91 Å². The summed E-state index contributed by atoms with van der Waals surface area (Å²) in [6.07, 6.45) is 2.29. The van der Waals surface area contributed by atoms with Gasteiger partial charge in [-0.2, -0.15) is 0 Å². The zero-order valence-electron chi connectivity index (χ0n) is 17.7. The third-order valence-corrected chi connectivity index (χ3v) is 6.29. The summed E-state index contributed by atoms with van der Waals surface area (Å²) in [4.78, 5) is 28.4. The Morgan fingerprint density at radius 2 is 1.74 bits per heavy atom. The maximum absolute atomic E-state index is 13.5. The van der Waals surface area contributed by atoms with Crippen molar-refractivity contribution < 1.29 is 23.1 Å². The van der Waals surface area contributed by atoms with Crippen LogP contribution in [0.1, 0.15) is 47.5 Å². The maximum atomic E-state index is 13.5. The summed E-state index contributed by atoms with van der Waals surface area (Å²) in [5.74, 6) is -1.02. The second-order valence-corrected chi connectivity index (χ2v) is 8.67. The molecule has 0 N–H and O–H groups in total. The van der Waals surface area contributed by atoms with Gasteiger partial charge >= 0.3 is 0 Å². The highest BCUT2D eigenvalue weighted by molar-refractivity contribution is 5.94. The minimum Gasteiger partial charge on any atom is -0.487 e. The summed E-state index contributed by atoms with van der Waals surface area (Å²) in [7, 11) is 3.51. The van der Waals surface area contributed by atoms with E-state index in [1.807, 2.05) is 24.3 Å². The summed E-state index contributed by atoms with van der Waals surface area (Å²) < 4.78 is 33.5. The highest BCUT2D eigenvalue weighted by atomic mass is 19.1. The Morgan fingerprint density at radius 1 is 1.10 bits per heavy atom. The van der Waals surface area contributed by atoms with Crippen LogP contribution in [0.15, 0.2) is 42.5 Å². The van der Waals surface area contributed by atoms with Crippen LogP contribution in [0.2, 0.25) is 0 Å². The molecule has 1 spiro atoms. The molecule has 5 nitrogen and oxygen atoms in total. The van der Waals surface area contributed by atoms with Gasteiger partial charge in [-0.1, -0.05) is 18.2 Å². The molecule has 2 heterocycles. The average molecular weight is 428 g/mol. The fraction of sp³-hybridized carbons (Fsp3) is 0.417. The number of rotatable bonds is 3. The monoisotopic (exact) mass is 428 g/mol. The summed E-state index contributed by atoms with van der Waals surface area (Å²) in [6, 6.07) is 10.7. The lowest BCUT2D eigenvalue weighted by molar-refractivity contribution is -0.129. The van der Waals surface area contributed by atoms with Crippen LogP contribution in [-0.4, -0.2) is 54.4 Å². The summed E-state index contributed by atoms with van der Waals surface area (Å²) >= 11 is 0. The standard InChI is InChI=1S/C24H26F2N2O3/c1-27(2)22(29)13-17-15-24(31-21-6-4-3-5-20(17)21)7-9-28(10-8-24)23(30)16-11-18(25)14-19(26)12-16/h3-6,11-12,14,17H,7-10,13,15H2,1-2H3. The molecule has 1 fully saturated rings. The summed E-state index contributed by atoms with van der Waals surface area (Å²) in [6.45, 7) is 0.848. The van der Waals surface area contributed by atoms with E-state index < -0.39 is 17.2 Å². The van der Waals surface area contributed by atoms with E-state index in [1.165, 1.54) is 0 Å². The summed E-state index contributed by atoms with van der Waals surface area (Å²) in [5.41, 5.74) is 0.588. The molecule has 4 rings (SSSR count). The van der Waals surface area contributed by atoms with Crippen molar-refractivity contribution in [1.29, 1.82) is 0 Å². The van der Waals surface area contributed by atoms with E-state index >= 15 is 0 Å². The lowest BCUT2D eigenvalue weighted by atomic mass is 9.76. The number of fused-ring (bicyclic) bond motifs is 1. The van der Waals surface area contributed by atoms with Gasteiger partial charge in [-0.3, -0.25) is 9.59 Å². The predicted octanol–water partition coefficient (Wildman–Crippen LogP) is 3.98. The number of para-hydroxylation sites is 1. The maximum Gasteiger partial charge on any atom is 0.254 e. The van der Waals surface area contributed by atoms with Gasteiger partial charge in [-0.05, 0) is 30.2 Å². The first kappa shape index (κ1) is 21.3. The van der Waals surface area contributed by atoms with Gasteiger partial charge in [0.1, 0.15) is 23.0 Å². The molecule has 0 aliphatic carbocycles. The number of likely N-dealkylation sites (tertiary alicyclic amines) is 1. The number of halogens is 2. The topological polar surface area (TPSA) is 49.9 Å². The van der Waals surface area contributed by atoms with Crippen molar-refractivity contribution in [2.75, 3.05) is 27.2 Å². The molecule has 164 valence electrons. The molecule has 31 heavy (non-hydrogen) atoms. The summed E-state index contributed by atoms with van der Waals surface area (Å²) in [5, 5.41) is 0. The normalized spacial score (nSPS) is 19.5. The number of hydrogen-bond donors (Lipinski definition) is 0. The second-order valence-electron chi connectivity index (χ2n) is 8.67. The van der Waals surface area contributed by atoms with E-state index in [4.69, 9.17) is 4.74 Å². The first-order valence-electron chi connectivity index (χ1n) is 10.5. The van der Waals surface area contributed by atoms with E-state index in [0.29, 0.717) is 38.8 Å². The van der Waals surface area contributed by atoms with Crippen LogP contribution in [0.3, 0.4) is 0 Å². The molecule has 1 atom stereocenters. The minimum atomic E-state index is -0.766. The molecular weight excluding hydrogens is 402 g/mol. The molecule has 0 bridgehead atoms. The van der Waals surface area contributed by atoms with Crippen molar-refractivity contribution in [3.05, 3.63) is 65.2 Å². The molecular formula is C24H26F2N2O3. The Morgan fingerprint density at radius 3 is 2.39 bits per heavy atom. The zero-order chi connectivity index (χ0) is 22.2. The van der Waals surface area contributed by atoms with Crippen LogP contribution in [0.5, 0.6) is 5.75 Å². The molecule has 0 saturated carbocycles. The van der Waals surface area contributed by atoms with Gasteiger partial charge < -0.3 is 14.5 Å². The quantitative estimate of drug-likeness (QED) is 0.743. The Labute approximate surface area is 180 Å². The fourth-order valence-corrected chi connectivity index (χ4v) is 4.60. The van der Waals surface area contributed by atoms with E-state index in [-0.39, 0.29) is 23.3 Å². The number of carbonyl (C=O) groups is 2. The molecule has 2 aromatic rings. The van der Waals surface area contributed by atoms with Crippen molar-refractivity contribution in [3.8, 4) is 5.75 Å². The van der Waals surface area contributed by atoms with Gasteiger partial charge in [0.15, 0.2) is 0 Å². The van der Waals surface area contributed by atoms with Crippen LogP contribution in [0.25, 0.3) is 0 Å². The number of piperidine rings is 1. The Balaban J connectivity index is 1.51. The lowest BCUT2D eigenvalue weighted by Gasteiger charge is -2.47. The smallest absolute Gasteiger partial charge is 0.254 e. The molecule has 2 aliphatic rings. The van der Waals surface area contributed by atoms with Crippen LogP contribution in [0, 0.1) is 11.6 Å². The van der Waals surface area contributed by atoms with Crippen molar-refractivity contribution in [2.45, 2.75) is 37.2 Å². The van der Waals surface area contributed by atoms with E-state index in [9.17, 15) is 18.4 Å². The Bertz CT molecular complexity index is 980. The van der Waals surface area contributed by atoms with Gasteiger partial charge in [-0.25, -0.2) is 8.78 Å². The SMILES string of the molecule is CN(C)C(=O)CC1CC2(CCN(C(=O)c3cc(F)cc(F)c3)CC2)Oc2ccccc21. The number of amides is 2. The van der Waals surface area contributed by atoms with E-state index in [0.717, 1.165) is 29.5 Å². The van der Waals surface area contributed by atoms with Crippen LogP contribution >= 0.6 is 0 Å². The van der Waals surface area contributed by atoms with Gasteiger partial charge in [0.2, 0.25) is 5.91 Å². The van der Waals surface area contributed by atoms with Crippen molar-refractivity contribution in [1.82, 2.24) is 9.80 Å². The highest BCUT2D eigenvalue weighted by Gasteiger charge is 2.44. The predicted molar refractivity (Wildman–Crippen MR) is 112 cm³/mol. The largest absolute Gasteiger partial charge is 0.487 e. The van der Waals surface area contributed by atoms with Gasteiger partial charge in [0.05, 0.1) is 0 Å². The van der Waals surface area contributed by atoms with Gasteiger partial charge in [-0.15, -0.1) is 0 Å². The third kappa shape index (κ3) is 4.40. The number of nitrogens with zero attached hydrogens (tertiary/aromatic N) is 2. The Hall–Kier alpha value is -2.96. The first-order chi connectivity index (χ1) is 14.8. The highest BCUT2D eigenvalue weighted by Crippen LogP contribution is 2.46. The molecule has 1 saturated heterocycles. The molecule has 2 aromatic carbocycles. The van der Waals surface area contributed by atoms with Crippen molar-refractivity contribution in [3.63, 3.8) is 0 Å². The van der Waals surface area contributed by atoms with Crippen LogP contribution < -0.4 is 4.74 Å². The number of benzene rings is 2. The lowest BCUT2D eigenvalue weighted by Crippen LogP contribution is -2.52. The molecule has 2 aliphatic heterocycles. The van der Waals surface area contributed by atoms with E-state index in [2.05, 4.69) is 0 Å². The number of ether oxygens (including phenoxy) is 1. The zero-order valence-corrected chi connectivity index (χ0v) is 17.7. The fourth-order valence-electron chi connectivity index (χ4n) is 4.60. The minimum absolute atomic E-state index is 0.0119. The first-order valence-corrected chi connectivity index (χ1v) is 10.5. The number of carbonyl (C=O) groups excluding carboxylic acids is 2. The molecule has 0 aromatic heterocycles. The molecule has 1 unspecified atom stereocenters. The average Bonchev–Trinajstić information content (AvgIpc) is 2.73. The molecule has 2 amide bonds.